The number of hydrazone groups is 1. The van der Waals surface area contributed by atoms with E-state index >= 15 is 0 Å². The Morgan fingerprint density at radius 1 is 1.43 bits per heavy atom. The van der Waals surface area contributed by atoms with Crippen LogP contribution in [0.2, 0.25) is 0 Å². The summed E-state index contributed by atoms with van der Waals surface area (Å²) in [6.07, 6.45) is 1.06. The van der Waals surface area contributed by atoms with Crippen molar-refractivity contribution in [2.24, 2.45) is 10.8 Å². The number of hydrogen-bond acceptors (Lipinski definition) is 7. The Hall–Kier alpha value is -3.28. The number of amides is 1. The number of carbonyl (C=O) groups is 1. The molecule has 0 spiro atoms. The lowest BCUT2D eigenvalue weighted by Crippen LogP contribution is -2.46. The minimum Gasteiger partial charge on any atom is -0.486 e. The molecule has 150 valence electrons. The second kappa shape index (κ2) is 9.08. The molecule has 1 aliphatic heterocycles. The number of ether oxygens (including phenoxy) is 2. The Kier molecular flexibility index (Phi) is 6.82. The van der Waals surface area contributed by atoms with Crippen molar-refractivity contribution >= 4 is 23.3 Å². The number of para-hydroxylation sites is 2. The molecule has 0 bridgehead atoms. The third kappa shape index (κ3) is 6.16. The first-order valence-corrected chi connectivity index (χ1v) is 9.01. The minimum absolute atomic E-state index is 0.198. The molecule has 0 saturated carbocycles. The highest BCUT2D eigenvalue weighted by atomic mass is 16.6. The molecule has 1 aromatic rings. The Labute approximate surface area is 164 Å². The summed E-state index contributed by atoms with van der Waals surface area (Å²) < 4.78 is 11.5. The number of nitrogens with one attached hydrogen (secondary N) is 2. The van der Waals surface area contributed by atoms with Crippen LogP contribution < -0.4 is 15.9 Å². The normalized spacial score (nSPS) is 17.4. The first kappa shape index (κ1) is 21.0. The van der Waals surface area contributed by atoms with Gasteiger partial charge < -0.3 is 20.1 Å². The number of carbonyl (C=O) groups excluding carboxylic acids is 1. The molecule has 1 atom stereocenters. The molecule has 0 radical (unpaired) electrons. The quantitative estimate of drug-likeness (QED) is 0.404. The number of amidine groups is 1. The van der Waals surface area contributed by atoms with E-state index in [-0.39, 0.29) is 17.9 Å². The van der Waals surface area contributed by atoms with E-state index in [1.165, 1.54) is 0 Å². The zero-order valence-electron chi connectivity index (χ0n) is 16.4. The molecule has 9 nitrogen and oxygen atoms in total. The predicted octanol–water partition coefficient (Wildman–Crippen LogP) is 2.69. The minimum atomic E-state index is -0.547. The molecule has 1 aromatic carbocycles. The van der Waals surface area contributed by atoms with Gasteiger partial charge in [0.25, 0.3) is 0 Å². The van der Waals surface area contributed by atoms with Gasteiger partial charge in [-0.05, 0) is 45.7 Å². The number of anilines is 1. The zero-order chi connectivity index (χ0) is 20.7. The van der Waals surface area contributed by atoms with Crippen molar-refractivity contribution in [1.29, 1.82) is 10.7 Å². The molecule has 1 amide bonds. The van der Waals surface area contributed by atoms with Gasteiger partial charge in [-0.15, -0.1) is 0 Å². The van der Waals surface area contributed by atoms with E-state index in [2.05, 4.69) is 10.5 Å². The topological polar surface area (TPSA) is 137 Å². The van der Waals surface area contributed by atoms with Crippen LogP contribution in [0.15, 0.2) is 29.4 Å². The van der Waals surface area contributed by atoms with E-state index in [1.807, 2.05) is 26.8 Å². The predicted molar refractivity (Wildman–Crippen MR) is 106 cm³/mol. The van der Waals surface area contributed by atoms with Crippen LogP contribution in [0.4, 0.5) is 10.5 Å². The van der Waals surface area contributed by atoms with Crippen LogP contribution >= 0.6 is 0 Å². The van der Waals surface area contributed by atoms with Crippen LogP contribution in [0.3, 0.4) is 0 Å². The molecule has 0 aliphatic carbocycles. The van der Waals surface area contributed by atoms with Crippen molar-refractivity contribution in [2.45, 2.75) is 45.3 Å². The van der Waals surface area contributed by atoms with Gasteiger partial charge in [-0.2, -0.15) is 10.4 Å². The van der Waals surface area contributed by atoms with Crippen LogP contribution in [-0.2, 0) is 4.74 Å². The molecule has 1 fully saturated rings. The van der Waals surface area contributed by atoms with Gasteiger partial charge in [-0.25, -0.2) is 4.79 Å². The Balaban J connectivity index is 2.06. The van der Waals surface area contributed by atoms with E-state index in [9.17, 15) is 4.79 Å². The van der Waals surface area contributed by atoms with Crippen LogP contribution in [-0.4, -0.2) is 47.3 Å². The Bertz CT molecular complexity index is 794. The number of benzene rings is 1. The van der Waals surface area contributed by atoms with Gasteiger partial charge in [-0.1, -0.05) is 12.1 Å². The standard InChI is InChI=1S/C19H26N6O3/c1-19(2,3)28-18(26)25-10-6-7-13(12-25)27-16-9-5-4-8-14(16)23-24-15(11-20)17(21)22/h4-5,8-9,13,23H,6-7,10,12H2,1-3H3,(H3,21,22)/b24-15+. The third-order valence-corrected chi connectivity index (χ3v) is 3.86. The molecule has 0 aromatic heterocycles. The molecule has 1 saturated heterocycles. The number of likely N-dealkylation sites (tertiary alicyclic amines) is 1. The number of hydrogen-bond donors (Lipinski definition) is 3. The summed E-state index contributed by atoms with van der Waals surface area (Å²) >= 11 is 0. The second-order valence-corrected chi connectivity index (χ2v) is 7.40. The maximum atomic E-state index is 12.3. The number of piperidine rings is 1. The molecular formula is C19H26N6O3. The number of nitrogens with zero attached hydrogens (tertiary/aromatic N) is 3. The van der Waals surface area contributed by atoms with Gasteiger partial charge in [0, 0.05) is 6.54 Å². The van der Waals surface area contributed by atoms with Crippen LogP contribution in [0.25, 0.3) is 0 Å². The summed E-state index contributed by atoms with van der Waals surface area (Å²) in [6, 6.07) is 8.86. The number of nitriles is 1. The van der Waals surface area contributed by atoms with Gasteiger partial charge in [0.1, 0.15) is 23.5 Å². The van der Waals surface area contributed by atoms with Crippen LogP contribution in [0.1, 0.15) is 33.6 Å². The number of rotatable bonds is 5. The van der Waals surface area contributed by atoms with Crippen LogP contribution in [0, 0.1) is 16.7 Å². The average molecular weight is 386 g/mol. The summed E-state index contributed by atoms with van der Waals surface area (Å²) in [4.78, 5) is 14.0. The van der Waals surface area contributed by atoms with Gasteiger partial charge in [0.15, 0.2) is 5.84 Å². The smallest absolute Gasteiger partial charge is 0.410 e. The molecule has 9 heteroatoms. The highest BCUT2D eigenvalue weighted by Gasteiger charge is 2.28. The molecule has 1 aliphatic rings. The van der Waals surface area contributed by atoms with Gasteiger partial charge in [0.05, 0.1) is 12.2 Å². The fraction of sp³-hybridized carbons (Fsp3) is 0.474. The summed E-state index contributed by atoms with van der Waals surface area (Å²) in [5.41, 5.74) is 7.78. The monoisotopic (exact) mass is 386 g/mol. The first-order valence-electron chi connectivity index (χ1n) is 9.01. The largest absolute Gasteiger partial charge is 0.486 e. The zero-order valence-corrected chi connectivity index (χ0v) is 16.4. The summed E-state index contributed by atoms with van der Waals surface area (Å²) in [7, 11) is 0. The Morgan fingerprint density at radius 3 is 2.79 bits per heavy atom. The van der Waals surface area contributed by atoms with Crippen molar-refractivity contribution < 1.29 is 14.3 Å². The van der Waals surface area contributed by atoms with Crippen molar-refractivity contribution in [3.05, 3.63) is 24.3 Å². The summed E-state index contributed by atoms with van der Waals surface area (Å²) in [5, 5.41) is 20.1. The van der Waals surface area contributed by atoms with E-state index in [4.69, 9.17) is 25.9 Å². The fourth-order valence-corrected chi connectivity index (χ4v) is 2.63. The molecule has 4 N–H and O–H groups in total. The number of nitrogens with two attached hydrogens (primary N) is 1. The van der Waals surface area contributed by atoms with Gasteiger partial charge in [0.2, 0.25) is 5.71 Å². The van der Waals surface area contributed by atoms with E-state index < -0.39 is 11.4 Å². The molecule has 1 heterocycles. The maximum absolute atomic E-state index is 12.3. The maximum Gasteiger partial charge on any atom is 0.410 e. The molecule has 28 heavy (non-hydrogen) atoms. The lowest BCUT2D eigenvalue weighted by molar-refractivity contribution is 0.00785. The van der Waals surface area contributed by atoms with E-state index in [1.54, 1.807) is 29.2 Å². The SMILES string of the molecule is CC(C)(C)OC(=O)N1CCCC(Oc2ccccc2N/N=C(\C#N)C(=N)N)C1. The highest BCUT2D eigenvalue weighted by molar-refractivity contribution is 6.45. The molecule has 1 unspecified atom stereocenters. The average Bonchev–Trinajstić information content (AvgIpc) is 2.62. The van der Waals surface area contributed by atoms with E-state index in [0.29, 0.717) is 24.5 Å². The van der Waals surface area contributed by atoms with Crippen LogP contribution in [0.5, 0.6) is 5.75 Å². The van der Waals surface area contributed by atoms with Crippen molar-refractivity contribution in [2.75, 3.05) is 18.5 Å². The Morgan fingerprint density at radius 2 is 2.14 bits per heavy atom. The molecular weight excluding hydrogens is 360 g/mol. The lowest BCUT2D eigenvalue weighted by Gasteiger charge is -2.34. The fourth-order valence-electron chi connectivity index (χ4n) is 2.63. The molecule has 2 rings (SSSR count). The summed E-state index contributed by atoms with van der Waals surface area (Å²) in [6.45, 7) is 6.55. The van der Waals surface area contributed by atoms with Crippen molar-refractivity contribution in [3.63, 3.8) is 0 Å². The lowest BCUT2D eigenvalue weighted by atomic mass is 10.1. The highest BCUT2D eigenvalue weighted by Crippen LogP contribution is 2.27. The third-order valence-electron chi connectivity index (χ3n) is 3.86. The van der Waals surface area contributed by atoms with Gasteiger partial charge in [-0.3, -0.25) is 10.8 Å². The van der Waals surface area contributed by atoms with Crippen molar-refractivity contribution in [3.8, 4) is 11.8 Å². The van der Waals surface area contributed by atoms with Crippen molar-refractivity contribution in [1.82, 2.24) is 4.90 Å². The van der Waals surface area contributed by atoms with Gasteiger partial charge >= 0.3 is 6.09 Å². The second-order valence-electron chi connectivity index (χ2n) is 7.40. The van der Waals surface area contributed by atoms with E-state index in [0.717, 1.165) is 12.8 Å². The first-order chi connectivity index (χ1) is 13.2. The summed E-state index contributed by atoms with van der Waals surface area (Å²) in [5.74, 6) is 0.108.